The van der Waals surface area contributed by atoms with Crippen molar-refractivity contribution < 1.29 is 9.47 Å². The lowest BCUT2D eigenvalue weighted by atomic mass is 9.73. The molecule has 2 fully saturated rings. The number of hydrogen-bond acceptors (Lipinski definition) is 2. The van der Waals surface area contributed by atoms with Crippen LogP contribution >= 0.6 is 0 Å². The average molecular weight is 302 g/mol. The standard InChI is InChI=1S/C20H30O2/c1-14-4-6-18(15(2)10-14)12-17-5-7-20(16(3)11-17)21-9-8-19-13-22-19/h5,7,11,14-15,18-19H,4,6,8-10,12-13H2,1-3H3. The molecule has 0 radical (unpaired) electrons. The topological polar surface area (TPSA) is 21.8 Å². The van der Waals surface area contributed by atoms with Gasteiger partial charge in [-0.25, -0.2) is 0 Å². The zero-order chi connectivity index (χ0) is 15.5. The van der Waals surface area contributed by atoms with Crippen LogP contribution in [0.25, 0.3) is 0 Å². The van der Waals surface area contributed by atoms with Crippen molar-refractivity contribution >= 4 is 0 Å². The molecule has 1 heterocycles. The van der Waals surface area contributed by atoms with Crippen LogP contribution in [0.4, 0.5) is 0 Å². The third kappa shape index (κ3) is 4.25. The molecule has 3 rings (SSSR count). The molecule has 0 bridgehead atoms. The maximum absolute atomic E-state index is 5.89. The fourth-order valence-electron chi connectivity index (χ4n) is 3.87. The van der Waals surface area contributed by atoms with Crippen LogP contribution in [0.3, 0.4) is 0 Å². The fraction of sp³-hybridized carbons (Fsp3) is 0.700. The van der Waals surface area contributed by atoms with Crippen molar-refractivity contribution in [3.8, 4) is 5.75 Å². The second-order valence-electron chi connectivity index (χ2n) is 7.55. The molecule has 2 aliphatic rings. The van der Waals surface area contributed by atoms with Crippen LogP contribution in [0.2, 0.25) is 0 Å². The Labute approximate surface area is 135 Å². The SMILES string of the molecule is Cc1cc(CC2CCC(C)CC2C)ccc1OCCC1CO1. The number of rotatable bonds is 6. The Morgan fingerprint density at radius 2 is 2.05 bits per heavy atom. The van der Waals surface area contributed by atoms with E-state index in [1.807, 2.05) is 0 Å². The zero-order valence-corrected chi connectivity index (χ0v) is 14.3. The van der Waals surface area contributed by atoms with Crippen LogP contribution in [0.15, 0.2) is 18.2 Å². The summed E-state index contributed by atoms with van der Waals surface area (Å²) in [5.74, 6) is 3.67. The highest BCUT2D eigenvalue weighted by molar-refractivity contribution is 5.36. The van der Waals surface area contributed by atoms with Gasteiger partial charge in [-0.1, -0.05) is 32.4 Å². The molecule has 1 saturated heterocycles. The number of epoxide rings is 1. The third-order valence-corrected chi connectivity index (χ3v) is 5.45. The number of hydrogen-bond donors (Lipinski definition) is 0. The Morgan fingerprint density at radius 1 is 1.23 bits per heavy atom. The Hall–Kier alpha value is -1.02. The van der Waals surface area contributed by atoms with Gasteiger partial charge in [0.2, 0.25) is 0 Å². The second kappa shape index (κ2) is 7.04. The summed E-state index contributed by atoms with van der Waals surface area (Å²) < 4.78 is 11.1. The molecule has 0 amide bonds. The first-order valence-corrected chi connectivity index (χ1v) is 8.95. The first-order chi connectivity index (χ1) is 10.6. The van der Waals surface area contributed by atoms with E-state index in [2.05, 4.69) is 39.0 Å². The van der Waals surface area contributed by atoms with E-state index >= 15 is 0 Å². The Balaban J connectivity index is 1.54. The van der Waals surface area contributed by atoms with Crippen LogP contribution in [-0.2, 0) is 11.2 Å². The molecule has 0 aromatic heterocycles. The van der Waals surface area contributed by atoms with Crippen molar-refractivity contribution in [2.75, 3.05) is 13.2 Å². The van der Waals surface area contributed by atoms with Gasteiger partial charge in [0.1, 0.15) is 5.75 Å². The molecule has 2 nitrogen and oxygen atoms in total. The summed E-state index contributed by atoms with van der Waals surface area (Å²) in [4.78, 5) is 0. The molecule has 1 aliphatic carbocycles. The van der Waals surface area contributed by atoms with Gasteiger partial charge in [0.15, 0.2) is 0 Å². The van der Waals surface area contributed by atoms with Crippen LogP contribution in [-0.4, -0.2) is 19.3 Å². The van der Waals surface area contributed by atoms with Crippen LogP contribution in [0.1, 0.15) is 50.7 Å². The lowest BCUT2D eigenvalue weighted by molar-refractivity contribution is 0.203. The van der Waals surface area contributed by atoms with E-state index in [9.17, 15) is 0 Å². The summed E-state index contributed by atoms with van der Waals surface area (Å²) in [7, 11) is 0. The molecule has 4 atom stereocenters. The van der Waals surface area contributed by atoms with Gasteiger partial charge < -0.3 is 9.47 Å². The first kappa shape index (κ1) is 15.9. The lowest BCUT2D eigenvalue weighted by Gasteiger charge is -2.32. The molecule has 1 saturated carbocycles. The van der Waals surface area contributed by atoms with Gasteiger partial charge in [-0.05, 0) is 61.1 Å². The van der Waals surface area contributed by atoms with Crippen LogP contribution in [0.5, 0.6) is 5.75 Å². The molecular weight excluding hydrogens is 272 g/mol. The van der Waals surface area contributed by atoms with Gasteiger partial charge in [0, 0.05) is 6.42 Å². The highest BCUT2D eigenvalue weighted by Gasteiger charge is 2.25. The molecule has 4 unspecified atom stereocenters. The van der Waals surface area contributed by atoms with Gasteiger partial charge in [-0.3, -0.25) is 0 Å². The normalized spacial score (nSPS) is 31.0. The molecule has 22 heavy (non-hydrogen) atoms. The maximum atomic E-state index is 5.89. The van der Waals surface area contributed by atoms with Gasteiger partial charge in [0.25, 0.3) is 0 Å². The van der Waals surface area contributed by atoms with E-state index in [-0.39, 0.29) is 0 Å². The summed E-state index contributed by atoms with van der Waals surface area (Å²) in [5, 5.41) is 0. The maximum Gasteiger partial charge on any atom is 0.122 e. The highest BCUT2D eigenvalue weighted by atomic mass is 16.6. The number of aryl methyl sites for hydroxylation is 1. The Kier molecular flexibility index (Phi) is 5.07. The lowest BCUT2D eigenvalue weighted by Crippen LogP contribution is -2.23. The van der Waals surface area contributed by atoms with E-state index in [4.69, 9.17) is 9.47 Å². The summed E-state index contributed by atoms with van der Waals surface area (Å²) in [5.41, 5.74) is 2.74. The quantitative estimate of drug-likeness (QED) is 0.706. The van der Waals surface area contributed by atoms with Crippen molar-refractivity contribution in [1.82, 2.24) is 0 Å². The minimum Gasteiger partial charge on any atom is -0.493 e. The average Bonchev–Trinajstić information content (AvgIpc) is 3.28. The number of benzene rings is 1. The van der Waals surface area contributed by atoms with E-state index in [1.165, 1.54) is 36.8 Å². The van der Waals surface area contributed by atoms with Gasteiger partial charge in [-0.15, -0.1) is 0 Å². The summed E-state index contributed by atoms with van der Waals surface area (Å²) in [6, 6.07) is 6.75. The molecule has 1 aliphatic heterocycles. The van der Waals surface area contributed by atoms with Gasteiger partial charge in [0.05, 0.1) is 19.3 Å². The first-order valence-electron chi connectivity index (χ1n) is 8.95. The molecule has 1 aromatic rings. The largest absolute Gasteiger partial charge is 0.493 e. The summed E-state index contributed by atoms with van der Waals surface area (Å²) in [6.45, 7) is 8.68. The van der Waals surface area contributed by atoms with Crippen molar-refractivity contribution in [3.05, 3.63) is 29.3 Å². The molecular formula is C20H30O2. The molecule has 0 N–H and O–H groups in total. The molecule has 122 valence electrons. The zero-order valence-electron chi connectivity index (χ0n) is 14.3. The predicted molar refractivity (Wildman–Crippen MR) is 90.4 cm³/mol. The van der Waals surface area contributed by atoms with E-state index in [1.54, 1.807) is 0 Å². The fourth-order valence-corrected chi connectivity index (χ4v) is 3.87. The number of ether oxygens (including phenoxy) is 2. The molecule has 1 aromatic carbocycles. The van der Waals surface area contributed by atoms with Crippen LogP contribution < -0.4 is 4.74 Å². The van der Waals surface area contributed by atoms with Crippen molar-refractivity contribution in [2.24, 2.45) is 17.8 Å². The Morgan fingerprint density at radius 3 is 2.73 bits per heavy atom. The summed E-state index contributed by atoms with van der Waals surface area (Å²) in [6.07, 6.45) is 6.88. The molecule has 2 heteroatoms. The summed E-state index contributed by atoms with van der Waals surface area (Å²) >= 11 is 0. The van der Waals surface area contributed by atoms with Crippen molar-refractivity contribution in [2.45, 2.75) is 59.0 Å². The van der Waals surface area contributed by atoms with Gasteiger partial charge >= 0.3 is 0 Å². The highest BCUT2D eigenvalue weighted by Crippen LogP contribution is 2.35. The van der Waals surface area contributed by atoms with E-state index < -0.39 is 0 Å². The predicted octanol–water partition coefficient (Wildman–Crippen LogP) is 4.78. The van der Waals surface area contributed by atoms with Crippen molar-refractivity contribution in [3.63, 3.8) is 0 Å². The van der Waals surface area contributed by atoms with Gasteiger partial charge in [-0.2, -0.15) is 0 Å². The third-order valence-electron chi connectivity index (χ3n) is 5.45. The van der Waals surface area contributed by atoms with Crippen molar-refractivity contribution in [1.29, 1.82) is 0 Å². The minimum atomic E-state index is 0.453. The molecule has 0 spiro atoms. The monoisotopic (exact) mass is 302 g/mol. The second-order valence-corrected chi connectivity index (χ2v) is 7.55. The van der Waals surface area contributed by atoms with E-state index in [0.29, 0.717) is 6.10 Å². The van der Waals surface area contributed by atoms with Crippen LogP contribution in [0, 0.1) is 24.7 Å². The smallest absolute Gasteiger partial charge is 0.122 e. The minimum absolute atomic E-state index is 0.453. The Bertz CT molecular complexity index is 492. The van der Waals surface area contributed by atoms with E-state index in [0.717, 1.165) is 43.1 Å².